The number of aryl methyl sites for hydroxylation is 1. The van der Waals surface area contributed by atoms with Gasteiger partial charge in [-0.3, -0.25) is 9.48 Å². The van der Waals surface area contributed by atoms with Gasteiger partial charge >= 0.3 is 0 Å². The highest BCUT2D eigenvalue weighted by molar-refractivity contribution is 5.96. The van der Waals surface area contributed by atoms with Crippen LogP contribution in [0.15, 0.2) is 36.9 Å². The van der Waals surface area contributed by atoms with Gasteiger partial charge in [-0.1, -0.05) is 12.2 Å². The third-order valence-electron chi connectivity index (χ3n) is 4.29. The summed E-state index contributed by atoms with van der Waals surface area (Å²) >= 11 is 0. The van der Waals surface area contributed by atoms with Crippen LogP contribution in [0.4, 0.5) is 11.6 Å². The summed E-state index contributed by atoms with van der Waals surface area (Å²) in [6.07, 6.45) is 10.4. The third-order valence-corrected chi connectivity index (χ3v) is 4.29. The van der Waals surface area contributed by atoms with E-state index in [-0.39, 0.29) is 5.91 Å². The lowest BCUT2D eigenvalue weighted by atomic mass is 10.0. The van der Waals surface area contributed by atoms with Gasteiger partial charge in [0.15, 0.2) is 0 Å². The molecule has 1 aromatic carbocycles. The molecule has 0 unspecified atom stereocenters. The van der Waals surface area contributed by atoms with Crippen LogP contribution >= 0.6 is 0 Å². The van der Waals surface area contributed by atoms with Crippen LogP contribution in [0, 0.1) is 11.3 Å². The first-order valence-corrected chi connectivity index (χ1v) is 9.21. The van der Waals surface area contributed by atoms with Crippen LogP contribution in [0.5, 0.6) is 5.75 Å². The number of anilines is 2. The Morgan fingerprint density at radius 3 is 2.63 bits per heavy atom. The van der Waals surface area contributed by atoms with Crippen molar-refractivity contribution in [2.45, 2.75) is 13.5 Å². The number of amides is 1. The lowest BCUT2D eigenvalue weighted by Crippen LogP contribution is -2.18. The molecule has 9 nitrogen and oxygen atoms in total. The fraction of sp³-hybridized carbons (Fsp3) is 0.190. The van der Waals surface area contributed by atoms with Crippen LogP contribution in [0.25, 0.3) is 12.2 Å². The molecule has 0 aliphatic carbocycles. The third kappa shape index (κ3) is 4.62. The van der Waals surface area contributed by atoms with E-state index in [0.717, 1.165) is 17.8 Å². The molecule has 0 radical (unpaired) electrons. The van der Waals surface area contributed by atoms with Gasteiger partial charge in [0.25, 0.3) is 5.91 Å². The summed E-state index contributed by atoms with van der Waals surface area (Å²) in [5, 5.41) is 19.3. The predicted molar refractivity (Wildman–Crippen MR) is 113 cm³/mol. The Labute approximate surface area is 174 Å². The number of hydrogen-bond donors (Lipinski definition) is 2. The molecular formula is C21H21N7O2. The number of nitrogens with zero attached hydrogens (tertiary/aromatic N) is 5. The van der Waals surface area contributed by atoms with Crippen molar-refractivity contribution in [2.75, 3.05) is 19.5 Å². The quantitative estimate of drug-likeness (QED) is 0.623. The Morgan fingerprint density at radius 1 is 1.27 bits per heavy atom. The summed E-state index contributed by atoms with van der Waals surface area (Å²) < 4.78 is 7.07. The van der Waals surface area contributed by atoms with Crippen molar-refractivity contribution in [1.29, 1.82) is 5.26 Å². The van der Waals surface area contributed by atoms with Crippen LogP contribution in [-0.4, -0.2) is 39.8 Å². The lowest BCUT2D eigenvalue weighted by molar-refractivity contribution is 0.0962. The van der Waals surface area contributed by atoms with Gasteiger partial charge in [-0.05, 0) is 24.6 Å². The molecule has 3 rings (SSSR count). The largest absolute Gasteiger partial charge is 0.495 e. The van der Waals surface area contributed by atoms with Gasteiger partial charge in [0, 0.05) is 43.3 Å². The summed E-state index contributed by atoms with van der Waals surface area (Å²) in [4.78, 5) is 20.6. The molecule has 0 fully saturated rings. The number of ether oxygens (including phenoxy) is 1. The molecule has 2 aromatic heterocycles. The second-order valence-corrected chi connectivity index (χ2v) is 6.22. The first kappa shape index (κ1) is 20.5. The van der Waals surface area contributed by atoms with Crippen molar-refractivity contribution in [3.8, 4) is 11.8 Å². The highest BCUT2D eigenvalue weighted by Crippen LogP contribution is 2.26. The molecule has 0 aliphatic heterocycles. The Kier molecular flexibility index (Phi) is 6.39. The standard InChI is InChI=1S/C21H21N7O2/c1-4-28-13-17(12-26-28)27-21-24-10-14(11-25-21)5-6-15-7-16(20(29)23-2)8-19(30-3)18(15)9-22/h5-8,10-13H,4H2,1-3H3,(H,23,29)(H,24,25,27). The molecule has 0 saturated heterocycles. The smallest absolute Gasteiger partial charge is 0.251 e. The normalized spacial score (nSPS) is 10.6. The van der Waals surface area contributed by atoms with E-state index in [0.29, 0.717) is 28.4 Å². The monoisotopic (exact) mass is 403 g/mol. The first-order chi connectivity index (χ1) is 14.6. The molecule has 152 valence electrons. The van der Waals surface area contributed by atoms with E-state index in [1.165, 1.54) is 7.11 Å². The molecule has 0 saturated carbocycles. The second kappa shape index (κ2) is 9.34. The maximum absolute atomic E-state index is 12.0. The van der Waals surface area contributed by atoms with Crippen molar-refractivity contribution < 1.29 is 9.53 Å². The number of methoxy groups -OCH3 is 1. The van der Waals surface area contributed by atoms with Gasteiger partial charge in [-0.2, -0.15) is 10.4 Å². The molecule has 0 spiro atoms. The molecular weight excluding hydrogens is 382 g/mol. The molecule has 0 aliphatic rings. The number of rotatable bonds is 7. The maximum atomic E-state index is 12.0. The number of nitrogens with one attached hydrogen (secondary N) is 2. The fourth-order valence-corrected chi connectivity index (χ4v) is 2.73. The van der Waals surface area contributed by atoms with Crippen LogP contribution in [0.1, 0.15) is 34.0 Å². The van der Waals surface area contributed by atoms with Crippen molar-refractivity contribution in [2.24, 2.45) is 0 Å². The van der Waals surface area contributed by atoms with Gasteiger partial charge in [-0.25, -0.2) is 9.97 Å². The fourth-order valence-electron chi connectivity index (χ4n) is 2.73. The topological polar surface area (TPSA) is 118 Å². The van der Waals surface area contributed by atoms with E-state index in [2.05, 4.69) is 31.8 Å². The first-order valence-electron chi connectivity index (χ1n) is 9.21. The van der Waals surface area contributed by atoms with Crippen molar-refractivity contribution in [3.05, 3.63) is 59.2 Å². The minimum atomic E-state index is -0.266. The summed E-state index contributed by atoms with van der Waals surface area (Å²) in [5.74, 6) is 0.517. The molecule has 9 heteroatoms. The number of carbonyl (C=O) groups excluding carboxylic acids is 1. The van der Waals surface area contributed by atoms with Crippen molar-refractivity contribution >= 4 is 29.7 Å². The van der Waals surface area contributed by atoms with Crippen LogP contribution in [-0.2, 0) is 6.54 Å². The minimum absolute atomic E-state index is 0.266. The predicted octanol–water partition coefficient (Wildman–Crippen LogP) is 2.85. The number of hydrogen-bond acceptors (Lipinski definition) is 7. The van der Waals surface area contributed by atoms with E-state index in [1.54, 1.807) is 54.6 Å². The van der Waals surface area contributed by atoms with Crippen LogP contribution in [0.3, 0.4) is 0 Å². The summed E-state index contributed by atoms with van der Waals surface area (Å²) in [7, 11) is 3.00. The highest BCUT2D eigenvalue weighted by Gasteiger charge is 2.13. The summed E-state index contributed by atoms with van der Waals surface area (Å²) in [6.45, 7) is 2.79. The number of carbonyl (C=O) groups is 1. The van der Waals surface area contributed by atoms with E-state index < -0.39 is 0 Å². The summed E-state index contributed by atoms with van der Waals surface area (Å²) in [6, 6.07) is 5.30. The van der Waals surface area contributed by atoms with Gasteiger partial charge in [0.2, 0.25) is 5.95 Å². The minimum Gasteiger partial charge on any atom is -0.495 e. The van der Waals surface area contributed by atoms with Gasteiger partial charge in [0.05, 0.1) is 19.0 Å². The van der Waals surface area contributed by atoms with Gasteiger partial charge in [0.1, 0.15) is 17.4 Å². The van der Waals surface area contributed by atoms with E-state index >= 15 is 0 Å². The molecule has 3 aromatic rings. The Hall–Kier alpha value is -4.19. The molecule has 30 heavy (non-hydrogen) atoms. The molecule has 2 heterocycles. The van der Waals surface area contributed by atoms with Crippen molar-refractivity contribution in [1.82, 2.24) is 25.1 Å². The highest BCUT2D eigenvalue weighted by atomic mass is 16.5. The van der Waals surface area contributed by atoms with Crippen molar-refractivity contribution in [3.63, 3.8) is 0 Å². The molecule has 2 N–H and O–H groups in total. The van der Waals surface area contributed by atoms with Gasteiger partial charge in [-0.15, -0.1) is 0 Å². The van der Waals surface area contributed by atoms with E-state index in [1.807, 2.05) is 13.1 Å². The van der Waals surface area contributed by atoms with Crippen LogP contribution < -0.4 is 15.4 Å². The van der Waals surface area contributed by atoms with Crippen LogP contribution in [0.2, 0.25) is 0 Å². The maximum Gasteiger partial charge on any atom is 0.251 e. The number of benzene rings is 1. The SMILES string of the molecule is CCn1cc(Nc2ncc(C=Cc3cc(C(=O)NC)cc(OC)c3C#N)cn2)cn1. The zero-order chi connectivity index (χ0) is 21.5. The van der Waals surface area contributed by atoms with E-state index in [4.69, 9.17) is 4.74 Å². The average Bonchev–Trinajstić information content (AvgIpc) is 3.24. The number of aromatic nitrogens is 4. The Bertz CT molecular complexity index is 1110. The van der Waals surface area contributed by atoms with Gasteiger partial charge < -0.3 is 15.4 Å². The van der Waals surface area contributed by atoms with E-state index in [9.17, 15) is 10.1 Å². The molecule has 0 atom stereocenters. The number of nitriles is 1. The Morgan fingerprint density at radius 2 is 2.03 bits per heavy atom. The lowest BCUT2D eigenvalue weighted by Gasteiger charge is -2.09. The zero-order valence-electron chi connectivity index (χ0n) is 16.9. The average molecular weight is 403 g/mol. The molecule has 1 amide bonds. The zero-order valence-corrected chi connectivity index (χ0v) is 16.9. The summed E-state index contributed by atoms with van der Waals surface area (Å²) in [5.41, 5.74) is 2.84. The Balaban J connectivity index is 1.82. The second-order valence-electron chi connectivity index (χ2n) is 6.22. The molecule has 0 bridgehead atoms.